The second kappa shape index (κ2) is 20.6. The summed E-state index contributed by atoms with van der Waals surface area (Å²) in [5, 5.41) is 17.5. The molecule has 0 radical (unpaired) electrons. The molecular weight excluding hydrogens is 793 g/mol. The summed E-state index contributed by atoms with van der Waals surface area (Å²) >= 11 is 0. The van der Waals surface area contributed by atoms with Gasteiger partial charge in [0.2, 0.25) is 0 Å². The van der Waals surface area contributed by atoms with E-state index in [9.17, 15) is 25.9 Å². The molecule has 0 spiro atoms. The molecule has 6 aromatic rings. The van der Waals surface area contributed by atoms with Crippen molar-refractivity contribution in [3.05, 3.63) is 133 Å². The first-order chi connectivity index (χ1) is 27.8. The first kappa shape index (κ1) is 45.6. The second-order valence-corrected chi connectivity index (χ2v) is 16.4. The monoisotopic (exact) mass is 842 g/mol. The predicted molar refractivity (Wildman–Crippen MR) is 224 cm³/mol. The van der Waals surface area contributed by atoms with Crippen molar-refractivity contribution in [2.75, 3.05) is 37.0 Å². The van der Waals surface area contributed by atoms with E-state index in [-0.39, 0.29) is 9.79 Å². The van der Waals surface area contributed by atoms with Crippen molar-refractivity contribution in [3.63, 3.8) is 0 Å². The third kappa shape index (κ3) is 13.5. The number of imidazole rings is 2. The lowest BCUT2D eigenvalue weighted by atomic mass is 10.2. The molecule has 0 N–H and O–H groups in total. The van der Waals surface area contributed by atoms with E-state index in [0.29, 0.717) is 11.1 Å². The number of benzene rings is 4. The first-order valence-corrected chi connectivity index (χ1v) is 21.2. The molecule has 16 nitrogen and oxygen atoms in total. The summed E-state index contributed by atoms with van der Waals surface area (Å²) in [7, 11) is 3.50. The van der Waals surface area contributed by atoms with Crippen LogP contribution in [0.4, 0.5) is 34.6 Å². The minimum absolute atomic E-state index is 0.139. The van der Waals surface area contributed by atoms with Crippen LogP contribution >= 0.6 is 0 Å². The van der Waals surface area contributed by atoms with E-state index in [1.165, 1.54) is 24.3 Å². The van der Waals surface area contributed by atoms with Crippen LogP contribution in [0.3, 0.4) is 0 Å². The zero-order chi connectivity index (χ0) is 43.3. The Morgan fingerprint density at radius 1 is 0.559 bits per heavy atom. The smallest absolute Gasteiger partial charge is 0.421 e. The summed E-state index contributed by atoms with van der Waals surface area (Å²) in [6.45, 7) is 5.07. The molecule has 2 heterocycles. The zero-order valence-electron chi connectivity index (χ0n) is 34.4. The van der Waals surface area contributed by atoms with Gasteiger partial charge in [0.1, 0.15) is 31.6 Å². The fraction of sp³-hybridized carbons (Fsp3) is 0.268. The number of aromatic nitrogens is 4. The Morgan fingerprint density at radius 2 is 0.898 bits per heavy atom. The summed E-state index contributed by atoms with van der Waals surface area (Å²) in [6.07, 6.45) is 8.86. The molecular formula is C41H50N10O6S2. The third-order valence-corrected chi connectivity index (χ3v) is 11.1. The van der Waals surface area contributed by atoms with Gasteiger partial charge in [-0.15, -0.1) is 0 Å². The molecule has 0 aliphatic heterocycles. The van der Waals surface area contributed by atoms with Gasteiger partial charge in [-0.25, -0.2) is 35.1 Å². The Kier molecular flexibility index (Phi) is 15.9. The SMILES string of the molecule is CN(CCCN(C)c1ccc(N=Nc2n(C)cc[n+]2C)cc1)c1ccc(N=Nc2n(C)cc[n+]2C)cc1.Cc1ccccc1S(=O)(=O)[O-].Cc1ccccc1S(=O)(=O)[O-]. The lowest BCUT2D eigenvalue weighted by molar-refractivity contribution is -0.657. The summed E-state index contributed by atoms with van der Waals surface area (Å²) in [6, 6.07) is 28.6. The van der Waals surface area contributed by atoms with Crippen LogP contribution in [0.2, 0.25) is 0 Å². The third-order valence-electron chi connectivity index (χ3n) is 9.09. The van der Waals surface area contributed by atoms with Gasteiger partial charge in [-0.1, -0.05) is 46.6 Å². The van der Waals surface area contributed by atoms with Crippen molar-refractivity contribution in [1.29, 1.82) is 0 Å². The zero-order valence-corrected chi connectivity index (χ0v) is 36.0. The van der Waals surface area contributed by atoms with E-state index >= 15 is 0 Å². The molecule has 0 fully saturated rings. The van der Waals surface area contributed by atoms with Crippen molar-refractivity contribution < 1.29 is 35.1 Å². The molecule has 0 aliphatic rings. The highest BCUT2D eigenvalue weighted by molar-refractivity contribution is 7.86. The fourth-order valence-electron chi connectivity index (χ4n) is 5.68. The summed E-state index contributed by atoms with van der Waals surface area (Å²) in [4.78, 5) is 4.25. The fourth-order valence-corrected chi connectivity index (χ4v) is 7.09. The van der Waals surface area contributed by atoms with E-state index in [1.54, 1.807) is 38.1 Å². The lowest BCUT2D eigenvalue weighted by Crippen LogP contribution is -2.25. The first-order valence-electron chi connectivity index (χ1n) is 18.4. The second-order valence-electron chi connectivity index (χ2n) is 13.7. The summed E-state index contributed by atoms with van der Waals surface area (Å²) < 4.78 is 70.7. The molecule has 0 unspecified atom stereocenters. The van der Waals surface area contributed by atoms with Crippen molar-refractivity contribution in [3.8, 4) is 0 Å². The molecule has 18 heteroatoms. The molecule has 0 amide bonds. The quantitative estimate of drug-likeness (QED) is 0.0748. The molecule has 312 valence electrons. The number of nitrogens with zero attached hydrogens (tertiary/aromatic N) is 10. The molecule has 0 atom stereocenters. The van der Waals surface area contributed by atoms with Gasteiger partial charge in [0.25, 0.3) is 0 Å². The molecule has 59 heavy (non-hydrogen) atoms. The van der Waals surface area contributed by atoms with E-state index in [0.717, 1.165) is 54.2 Å². The summed E-state index contributed by atoms with van der Waals surface area (Å²) in [5.41, 5.74) is 4.96. The minimum Gasteiger partial charge on any atom is -0.744 e. The van der Waals surface area contributed by atoms with E-state index < -0.39 is 20.2 Å². The number of rotatable bonds is 12. The number of azo groups is 2. The van der Waals surface area contributed by atoms with Crippen molar-refractivity contribution in [2.45, 2.75) is 30.1 Å². The van der Waals surface area contributed by atoms with Gasteiger partial charge in [-0.05, 0) is 92.1 Å². The van der Waals surface area contributed by atoms with Gasteiger partial charge in [0, 0.05) is 48.8 Å². The number of anilines is 2. The van der Waals surface area contributed by atoms with Crippen LogP contribution in [0.15, 0.2) is 152 Å². The number of hydrogen-bond acceptors (Lipinski definition) is 12. The molecule has 0 aliphatic carbocycles. The molecule has 2 aromatic heterocycles. The maximum atomic E-state index is 10.5. The maximum absolute atomic E-state index is 10.5. The van der Waals surface area contributed by atoms with Gasteiger partial charge < -0.3 is 18.9 Å². The van der Waals surface area contributed by atoms with Gasteiger partial charge in [0.15, 0.2) is 0 Å². The van der Waals surface area contributed by atoms with E-state index in [1.807, 2.05) is 95.5 Å². The van der Waals surface area contributed by atoms with Crippen LogP contribution in [0, 0.1) is 13.8 Å². The number of aryl methyl sites for hydroxylation is 6. The number of hydrogen-bond donors (Lipinski definition) is 0. The highest BCUT2D eigenvalue weighted by Gasteiger charge is 2.12. The average Bonchev–Trinajstić information content (AvgIpc) is 3.70. The molecule has 6 rings (SSSR count). The van der Waals surface area contributed by atoms with Crippen LogP contribution in [0.5, 0.6) is 0 Å². The Labute approximate surface area is 346 Å². The van der Waals surface area contributed by atoms with Crippen LogP contribution < -0.4 is 18.9 Å². The van der Waals surface area contributed by atoms with Crippen molar-refractivity contribution >= 4 is 54.9 Å². The molecule has 4 aromatic carbocycles. The Morgan fingerprint density at radius 3 is 1.17 bits per heavy atom. The Balaban J connectivity index is 0.000000282. The largest absolute Gasteiger partial charge is 0.744 e. The van der Waals surface area contributed by atoms with Crippen LogP contribution in [0.25, 0.3) is 0 Å². The predicted octanol–water partition coefficient (Wildman–Crippen LogP) is 6.60. The standard InChI is InChI=1S/C27H36N10.2C7H8O3S/c1-32(24-12-8-22(9-13-24)28-30-26-34(3)18-19-35(26)4)16-7-17-33(2)25-14-10-23(11-15-25)29-31-27-36(5)20-21-37(27)6;2*1-6-4-2-3-5-7(6)11(8,9)10/h8-15,18-21H,7,16-17H2,1-6H3;2*2-5H,1H3,(H,8,9,10)/q+2;;/p-2. The van der Waals surface area contributed by atoms with Crippen LogP contribution in [0.1, 0.15) is 17.5 Å². The minimum atomic E-state index is -4.28. The topological polar surface area (TPSA) is 188 Å². The Bertz CT molecular complexity index is 2370. The van der Waals surface area contributed by atoms with Gasteiger partial charge in [-0.2, -0.15) is 0 Å². The maximum Gasteiger partial charge on any atom is 0.421 e. The normalized spacial score (nSPS) is 11.6. The van der Waals surface area contributed by atoms with Gasteiger partial charge in [-0.3, -0.25) is 0 Å². The summed E-state index contributed by atoms with van der Waals surface area (Å²) in [5.74, 6) is 1.59. The van der Waals surface area contributed by atoms with E-state index in [2.05, 4.69) is 68.6 Å². The molecule has 0 bridgehead atoms. The average molecular weight is 843 g/mol. The Hall–Kier alpha value is -6.08. The van der Waals surface area contributed by atoms with Crippen molar-refractivity contribution in [1.82, 2.24) is 9.13 Å². The highest BCUT2D eigenvalue weighted by Crippen LogP contribution is 2.23. The van der Waals surface area contributed by atoms with Crippen LogP contribution in [-0.4, -0.2) is 62.3 Å². The lowest BCUT2D eigenvalue weighted by Gasteiger charge is -2.23. The van der Waals surface area contributed by atoms with E-state index in [4.69, 9.17) is 0 Å². The van der Waals surface area contributed by atoms with Crippen LogP contribution in [-0.2, 0) is 48.4 Å². The molecule has 0 saturated heterocycles. The molecule has 0 saturated carbocycles. The van der Waals surface area contributed by atoms with Gasteiger partial charge in [0.05, 0.1) is 62.8 Å². The van der Waals surface area contributed by atoms with Gasteiger partial charge >= 0.3 is 11.9 Å². The van der Waals surface area contributed by atoms with Crippen molar-refractivity contribution in [2.24, 2.45) is 48.6 Å². The highest BCUT2D eigenvalue weighted by atomic mass is 32.2.